The van der Waals surface area contributed by atoms with Crippen LogP contribution in [-0.4, -0.2) is 34.0 Å². The van der Waals surface area contributed by atoms with E-state index in [-0.39, 0.29) is 51.3 Å². The van der Waals surface area contributed by atoms with Crippen molar-refractivity contribution in [3.8, 4) is 17.2 Å². The fraction of sp³-hybridized carbons (Fsp3) is 0.375. The molecule has 1 unspecified atom stereocenters. The average molecular weight is 477 g/mol. The Labute approximate surface area is 197 Å². The number of carbonyl (C=O) groups is 3. The summed E-state index contributed by atoms with van der Waals surface area (Å²) in [5.41, 5.74) is 5.84. The number of carbonyl (C=O) groups excluding carboxylic acids is 2. The standard InChI is InChI=1S/C24H29ClN2O6/c1-11(2)20(12(3)4)27-23(30)16-10-15(6-7-18(16)28)33-21-13(5)8-14(9-17(21)25)19(22(26)29)24(31)32/h6-12,19-20,28H,1-5H3,(H2,26,29)(H,27,30)(H,31,32). The third-order valence-electron chi connectivity index (χ3n) is 5.28. The number of phenols is 1. The Hall–Kier alpha value is -3.26. The Morgan fingerprint density at radius 1 is 1.06 bits per heavy atom. The van der Waals surface area contributed by atoms with Gasteiger partial charge in [-0.15, -0.1) is 0 Å². The minimum absolute atomic E-state index is 0.0452. The largest absolute Gasteiger partial charge is 0.507 e. The van der Waals surface area contributed by atoms with Gasteiger partial charge >= 0.3 is 5.97 Å². The number of hydrogen-bond acceptors (Lipinski definition) is 5. The molecule has 33 heavy (non-hydrogen) atoms. The van der Waals surface area contributed by atoms with Crippen LogP contribution >= 0.6 is 11.6 Å². The second kappa shape index (κ2) is 10.6. The highest BCUT2D eigenvalue weighted by molar-refractivity contribution is 6.32. The van der Waals surface area contributed by atoms with Crippen LogP contribution in [0.2, 0.25) is 5.02 Å². The molecule has 178 valence electrons. The predicted octanol–water partition coefficient (Wildman–Crippen LogP) is 4.21. The number of ether oxygens (including phenoxy) is 1. The third kappa shape index (κ3) is 6.16. The maximum atomic E-state index is 12.8. The molecule has 2 rings (SSSR count). The molecule has 9 heteroatoms. The summed E-state index contributed by atoms with van der Waals surface area (Å²) in [6, 6.07) is 6.89. The van der Waals surface area contributed by atoms with E-state index in [0.29, 0.717) is 5.56 Å². The lowest BCUT2D eigenvalue weighted by Gasteiger charge is -2.26. The van der Waals surface area contributed by atoms with Gasteiger partial charge in [0.2, 0.25) is 5.91 Å². The molecule has 0 aliphatic rings. The number of amides is 2. The van der Waals surface area contributed by atoms with Gasteiger partial charge in [-0.2, -0.15) is 0 Å². The van der Waals surface area contributed by atoms with E-state index >= 15 is 0 Å². The van der Waals surface area contributed by atoms with Crippen LogP contribution in [0.4, 0.5) is 0 Å². The summed E-state index contributed by atoms with van der Waals surface area (Å²) < 4.78 is 5.85. The van der Waals surface area contributed by atoms with Crippen molar-refractivity contribution in [2.24, 2.45) is 17.6 Å². The highest BCUT2D eigenvalue weighted by atomic mass is 35.5. The van der Waals surface area contributed by atoms with Gasteiger partial charge in [-0.05, 0) is 54.2 Å². The second-order valence-electron chi connectivity index (χ2n) is 8.59. The van der Waals surface area contributed by atoms with E-state index in [1.165, 1.54) is 30.3 Å². The Morgan fingerprint density at radius 3 is 2.15 bits per heavy atom. The first kappa shape index (κ1) is 26.0. The smallest absolute Gasteiger partial charge is 0.320 e. The summed E-state index contributed by atoms with van der Waals surface area (Å²) in [5.74, 6) is -3.72. The number of hydrogen-bond donors (Lipinski definition) is 4. The predicted molar refractivity (Wildman–Crippen MR) is 125 cm³/mol. The molecule has 2 aromatic carbocycles. The number of phenolic OH excluding ortho intramolecular Hbond substituents is 1. The maximum Gasteiger partial charge on any atom is 0.320 e. The Balaban J connectivity index is 2.36. The number of nitrogens with two attached hydrogens (primary N) is 1. The molecular formula is C24H29ClN2O6. The highest BCUT2D eigenvalue weighted by Gasteiger charge is 2.28. The van der Waals surface area contributed by atoms with E-state index in [2.05, 4.69) is 5.32 Å². The van der Waals surface area contributed by atoms with Crippen molar-refractivity contribution in [3.05, 3.63) is 52.0 Å². The van der Waals surface area contributed by atoms with E-state index in [1.54, 1.807) is 6.92 Å². The molecule has 1 atom stereocenters. The number of benzene rings is 2. The van der Waals surface area contributed by atoms with Gasteiger partial charge in [0.1, 0.15) is 17.2 Å². The van der Waals surface area contributed by atoms with Gasteiger partial charge in [-0.3, -0.25) is 14.4 Å². The molecule has 2 aromatic rings. The van der Waals surface area contributed by atoms with Crippen LogP contribution in [0.5, 0.6) is 17.2 Å². The van der Waals surface area contributed by atoms with Gasteiger partial charge in [0.25, 0.3) is 5.91 Å². The zero-order valence-electron chi connectivity index (χ0n) is 19.2. The lowest BCUT2D eigenvalue weighted by atomic mass is 9.93. The van der Waals surface area contributed by atoms with Gasteiger partial charge < -0.3 is 26.0 Å². The number of halogens is 1. The van der Waals surface area contributed by atoms with Gasteiger partial charge in [0, 0.05) is 6.04 Å². The number of aliphatic carboxylic acids is 1. The van der Waals surface area contributed by atoms with Crippen molar-refractivity contribution in [1.29, 1.82) is 0 Å². The molecule has 0 aromatic heterocycles. The molecule has 0 spiro atoms. The molecule has 0 radical (unpaired) electrons. The number of aromatic hydroxyl groups is 1. The van der Waals surface area contributed by atoms with Gasteiger partial charge in [0.05, 0.1) is 10.6 Å². The van der Waals surface area contributed by atoms with Crippen LogP contribution in [0, 0.1) is 18.8 Å². The summed E-state index contributed by atoms with van der Waals surface area (Å²) in [6.45, 7) is 9.66. The van der Waals surface area contributed by atoms with Crippen molar-refractivity contribution in [3.63, 3.8) is 0 Å². The van der Waals surface area contributed by atoms with Crippen molar-refractivity contribution >= 4 is 29.4 Å². The fourth-order valence-electron chi connectivity index (χ4n) is 3.69. The molecule has 5 N–H and O–H groups in total. The zero-order valence-corrected chi connectivity index (χ0v) is 19.9. The van der Waals surface area contributed by atoms with Crippen molar-refractivity contribution in [2.45, 2.75) is 46.6 Å². The van der Waals surface area contributed by atoms with E-state index < -0.39 is 23.7 Å². The minimum Gasteiger partial charge on any atom is -0.507 e. The summed E-state index contributed by atoms with van der Waals surface area (Å²) in [4.78, 5) is 35.8. The van der Waals surface area contributed by atoms with E-state index in [9.17, 15) is 24.6 Å². The summed E-state index contributed by atoms with van der Waals surface area (Å²) in [7, 11) is 0. The van der Waals surface area contributed by atoms with Crippen LogP contribution < -0.4 is 15.8 Å². The lowest BCUT2D eigenvalue weighted by Crippen LogP contribution is -2.42. The third-order valence-corrected chi connectivity index (χ3v) is 5.56. The molecule has 0 aliphatic carbocycles. The number of carboxylic acids is 1. The first-order chi connectivity index (χ1) is 15.3. The Morgan fingerprint density at radius 2 is 1.67 bits per heavy atom. The molecule has 8 nitrogen and oxygen atoms in total. The number of nitrogens with one attached hydrogen (secondary N) is 1. The van der Waals surface area contributed by atoms with Gasteiger partial charge in [-0.1, -0.05) is 45.4 Å². The Kier molecular flexibility index (Phi) is 8.33. The van der Waals surface area contributed by atoms with Crippen LogP contribution in [0.15, 0.2) is 30.3 Å². The lowest BCUT2D eigenvalue weighted by molar-refractivity contribution is -0.142. The molecule has 0 bridgehead atoms. The zero-order chi connectivity index (χ0) is 25.0. The Bertz CT molecular complexity index is 1020. The number of aryl methyl sites for hydroxylation is 1. The molecule has 0 saturated heterocycles. The number of rotatable bonds is 9. The van der Waals surface area contributed by atoms with Crippen LogP contribution in [0.25, 0.3) is 0 Å². The molecular weight excluding hydrogens is 448 g/mol. The molecule has 0 fully saturated rings. The summed E-state index contributed by atoms with van der Waals surface area (Å²) in [6.07, 6.45) is 0. The van der Waals surface area contributed by atoms with Gasteiger partial charge in [-0.25, -0.2) is 0 Å². The quantitative estimate of drug-likeness (QED) is 0.400. The van der Waals surface area contributed by atoms with Crippen LogP contribution in [-0.2, 0) is 9.59 Å². The van der Waals surface area contributed by atoms with Crippen molar-refractivity contribution in [1.82, 2.24) is 5.32 Å². The van der Waals surface area contributed by atoms with Gasteiger partial charge in [0.15, 0.2) is 5.92 Å². The van der Waals surface area contributed by atoms with E-state index in [0.717, 1.165) is 0 Å². The highest BCUT2D eigenvalue weighted by Crippen LogP contribution is 2.37. The van der Waals surface area contributed by atoms with E-state index in [1.807, 2.05) is 27.7 Å². The first-order valence-corrected chi connectivity index (χ1v) is 10.8. The van der Waals surface area contributed by atoms with Crippen LogP contribution in [0.1, 0.15) is 55.1 Å². The topological polar surface area (TPSA) is 139 Å². The van der Waals surface area contributed by atoms with Crippen molar-refractivity contribution in [2.75, 3.05) is 0 Å². The van der Waals surface area contributed by atoms with E-state index in [4.69, 9.17) is 22.1 Å². The first-order valence-electron chi connectivity index (χ1n) is 10.5. The summed E-state index contributed by atoms with van der Waals surface area (Å²) >= 11 is 6.31. The monoisotopic (exact) mass is 476 g/mol. The molecule has 2 amide bonds. The normalized spacial score (nSPS) is 12.2. The number of carboxylic acid groups (broad SMARTS) is 1. The molecule has 0 aliphatic heterocycles. The maximum absolute atomic E-state index is 12.8. The summed E-state index contributed by atoms with van der Waals surface area (Å²) in [5, 5.41) is 22.5. The minimum atomic E-state index is -1.55. The fourth-order valence-corrected chi connectivity index (χ4v) is 4.01. The van der Waals surface area contributed by atoms with Crippen molar-refractivity contribution < 1.29 is 29.3 Å². The second-order valence-corrected chi connectivity index (χ2v) is 9.00. The average Bonchev–Trinajstić information content (AvgIpc) is 2.68. The molecule has 0 heterocycles. The number of primary amides is 1. The van der Waals surface area contributed by atoms with Crippen LogP contribution in [0.3, 0.4) is 0 Å². The SMILES string of the molecule is Cc1cc(C(C(N)=O)C(=O)O)cc(Cl)c1Oc1ccc(O)c(C(=O)NC(C(C)C)C(C)C)c1. The molecule has 0 saturated carbocycles.